The van der Waals surface area contributed by atoms with Crippen LogP contribution < -0.4 is 5.32 Å². The van der Waals surface area contributed by atoms with Crippen molar-refractivity contribution in [3.8, 4) is 0 Å². The highest BCUT2D eigenvalue weighted by atomic mass is 32.1. The Hall–Kier alpha value is -1.10. The molecule has 1 aromatic heterocycles. The lowest BCUT2D eigenvalue weighted by atomic mass is 9.73. The lowest BCUT2D eigenvalue weighted by Crippen LogP contribution is -2.41. The predicted octanol–water partition coefficient (Wildman–Crippen LogP) is 3.18. The van der Waals surface area contributed by atoms with E-state index in [1.807, 2.05) is 12.6 Å². The maximum absolute atomic E-state index is 4.49. The van der Waals surface area contributed by atoms with Gasteiger partial charge in [0.2, 0.25) is 0 Å². The van der Waals surface area contributed by atoms with Crippen LogP contribution in [-0.4, -0.2) is 36.0 Å². The van der Waals surface area contributed by atoms with Crippen LogP contribution in [0.25, 0.3) is 0 Å². The Bertz CT molecular complexity index is 502. The first-order valence-electron chi connectivity index (χ1n) is 8.07. The SMILES string of the molecule is CN=C(NCc1scnc1C)N1CCC2(CCCCC2)C1. The van der Waals surface area contributed by atoms with E-state index in [1.165, 1.54) is 49.9 Å². The molecule has 0 unspecified atom stereocenters. The first-order chi connectivity index (χ1) is 10.2. The summed E-state index contributed by atoms with van der Waals surface area (Å²) < 4.78 is 0. The van der Waals surface area contributed by atoms with Gasteiger partial charge in [-0.1, -0.05) is 19.3 Å². The maximum Gasteiger partial charge on any atom is 0.193 e. The monoisotopic (exact) mass is 306 g/mol. The molecule has 4 nitrogen and oxygen atoms in total. The average Bonchev–Trinajstić information content (AvgIpc) is 3.08. The van der Waals surface area contributed by atoms with Crippen LogP contribution in [0.2, 0.25) is 0 Å². The molecule has 0 bridgehead atoms. The highest BCUT2D eigenvalue weighted by Gasteiger charge is 2.39. The number of hydrogen-bond acceptors (Lipinski definition) is 3. The van der Waals surface area contributed by atoms with Gasteiger partial charge in [0, 0.05) is 25.0 Å². The number of hydrogen-bond donors (Lipinski definition) is 1. The molecular weight excluding hydrogens is 280 g/mol. The van der Waals surface area contributed by atoms with E-state index in [0.29, 0.717) is 5.41 Å². The summed E-state index contributed by atoms with van der Waals surface area (Å²) in [5.74, 6) is 1.06. The molecule has 2 heterocycles. The number of nitrogens with zero attached hydrogens (tertiary/aromatic N) is 3. The molecule has 2 fully saturated rings. The highest BCUT2D eigenvalue weighted by Crippen LogP contribution is 2.43. The fourth-order valence-corrected chi connectivity index (χ4v) is 4.53. The molecule has 0 atom stereocenters. The molecule has 1 aromatic rings. The number of guanidine groups is 1. The smallest absolute Gasteiger partial charge is 0.193 e. The van der Waals surface area contributed by atoms with Crippen molar-refractivity contribution in [2.45, 2.75) is 52.0 Å². The van der Waals surface area contributed by atoms with Gasteiger partial charge >= 0.3 is 0 Å². The quantitative estimate of drug-likeness (QED) is 0.674. The van der Waals surface area contributed by atoms with Crippen molar-refractivity contribution in [2.75, 3.05) is 20.1 Å². The molecule has 116 valence electrons. The summed E-state index contributed by atoms with van der Waals surface area (Å²) in [6.45, 7) is 5.26. The molecule has 5 heteroatoms. The topological polar surface area (TPSA) is 40.5 Å². The van der Waals surface area contributed by atoms with Crippen LogP contribution in [0.4, 0.5) is 0 Å². The molecular formula is C16H26N4S. The summed E-state index contributed by atoms with van der Waals surface area (Å²) in [6, 6.07) is 0. The lowest BCUT2D eigenvalue weighted by molar-refractivity contribution is 0.203. The average molecular weight is 306 g/mol. The van der Waals surface area contributed by atoms with Gasteiger partial charge in [0.1, 0.15) is 0 Å². The van der Waals surface area contributed by atoms with Gasteiger partial charge < -0.3 is 10.2 Å². The van der Waals surface area contributed by atoms with Crippen LogP contribution in [0.3, 0.4) is 0 Å². The molecule has 1 spiro atoms. The van der Waals surface area contributed by atoms with Gasteiger partial charge in [0.05, 0.1) is 17.7 Å². The number of rotatable bonds is 2. The third-order valence-electron chi connectivity index (χ3n) is 5.12. The summed E-state index contributed by atoms with van der Waals surface area (Å²) in [5, 5.41) is 3.52. The second kappa shape index (κ2) is 6.34. The Morgan fingerprint density at radius 3 is 2.86 bits per heavy atom. The molecule has 1 aliphatic heterocycles. The van der Waals surface area contributed by atoms with E-state index in [0.717, 1.165) is 24.7 Å². The van der Waals surface area contributed by atoms with E-state index in [2.05, 4.69) is 27.1 Å². The third kappa shape index (κ3) is 3.23. The van der Waals surface area contributed by atoms with Gasteiger partial charge in [0.25, 0.3) is 0 Å². The Morgan fingerprint density at radius 2 is 2.19 bits per heavy atom. The molecule has 2 aliphatic rings. The number of thiazole rings is 1. The van der Waals surface area contributed by atoms with Gasteiger partial charge in [-0.3, -0.25) is 4.99 Å². The molecule has 1 saturated heterocycles. The van der Waals surface area contributed by atoms with Crippen LogP contribution in [-0.2, 0) is 6.54 Å². The van der Waals surface area contributed by atoms with Crippen LogP contribution >= 0.6 is 11.3 Å². The second-order valence-electron chi connectivity index (χ2n) is 6.49. The molecule has 21 heavy (non-hydrogen) atoms. The van der Waals surface area contributed by atoms with Crippen molar-refractivity contribution in [2.24, 2.45) is 10.4 Å². The van der Waals surface area contributed by atoms with E-state index in [9.17, 15) is 0 Å². The number of aryl methyl sites for hydroxylation is 1. The maximum atomic E-state index is 4.49. The van der Waals surface area contributed by atoms with Crippen LogP contribution in [0.1, 0.15) is 49.1 Å². The fourth-order valence-electron chi connectivity index (χ4n) is 3.81. The van der Waals surface area contributed by atoms with Crippen molar-refractivity contribution in [3.05, 3.63) is 16.1 Å². The minimum Gasteiger partial charge on any atom is -0.351 e. The van der Waals surface area contributed by atoms with E-state index in [4.69, 9.17) is 0 Å². The minimum atomic E-state index is 0.580. The Morgan fingerprint density at radius 1 is 1.38 bits per heavy atom. The number of aliphatic imine (C=N–C) groups is 1. The van der Waals surface area contributed by atoms with Crippen molar-refractivity contribution in [1.29, 1.82) is 0 Å². The number of aromatic nitrogens is 1. The van der Waals surface area contributed by atoms with E-state index in [-0.39, 0.29) is 0 Å². The van der Waals surface area contributed by atoms with Gasteiger partial charge in [-0.25, -0.2) is 4.98 Å². The molecule has 1 N–H and O–H groups in total. The largest absolute Gasteiger partial charge is 0.351 e. The summed E-state index contributed by atoms with van der Waals surface area (Å²) in [7, 11) is 1.90. The summed E-state index contributed by atoms with van der Waals surface area (Å²) in [6.07, 6.45) is 8.43. The summed E-state index contributed by atoms with van der Waals surface area (Å²) in [5.41, 5.74) is 3.63. The van der Waals surface area contributed by atoms with Crippen LogP contribution in [0, 0.1) is 12.3 Å². The molecule has 3 rings (SSSR count). The number of likely N-dealkylation sites (tertiary alicyclic amines) is 1. The fraction of sp³-hybridized carbons (Fsp3) is 0.750. The third-order valence-corrected chi connectivity index (χ3v) is 6.05. The van der Waals surface area contributed by atoms with E-state index >= 15 is 0 Å². The second-order valence-corrected chi connectivity index (χ2v) is 7.43. The van der Waals surface area contributed by atoms with Crippen LogP contribution in [0.15, 0.2) is 10.5 Å². The van der Waals surface area contributed by atoms with Gasteiger partial charge in [-0.2, -0.15) is 0 Å². The Kier molecular flexibility index (Phi) is 4.48. The zero-order valence-corrected chi connectivity index (χ0v) is 14.0. The lowest BCUT2D eigenvalue weighted by Gasteiger charge is -2.33. The molecule has 1 aliphatic carbocycles. The van der Waals surface area contributed by atoms with Gasteiger partial charge in [-0.15, -0.1) is 11.3 Å². The van der Waals surface area contributed by atoms with Crippen LogP contribution in [0.5, 0.6) is 0 Å². The molecule has 1 saturated carbocycles. The predicted molar refractivity (Wildman–Crippen MR) is 88.8 cm³/mol. The molecule has 0 aromatic carbocycles. The van der Waals surface area contributed by atoms with Crippen molar-refractivity contribution in [1.82, 2.24) is 15.2 Å². The van der Waals surface area contributed by atoms with Crippen molar-refractivity contribution >= 4 is 17.3 Å². The summed E-state index contributed by atoms with van der Waals surface area (Å²) >= 11 is 1.72. The van der Waals surface area contributed by atoms with E-state index < -0.39 is 0 Å². The molecule has 0 radical (unpaired) electrons. The zero-order valence-electron chi connectivity index (χ0n) is 13.2. The van der Waals surface area contributed by atoms with Gasteiger partial charge in [0.15, 0.2) is 5.96 Å². The number of nitrogens with one attached hydrogen (secondary N) is 1. The highest BCUT2D eigenvalue weighted by molar-refractivity contribution is 7.09. The standard InChI is InChI=1S/C16H26N4S/c1-13-14(21-12-19-13)10-18-15(17-2)20-9-8-16(11-20)6-4-3-5-7-16/h12H,3-11H2,1-2H3,(H,17,18). The minimum absolute atomic E-state index is 0.580. The van der Waals surface area contributed by atoms with Crippen molar-refractivity contribution in [3.63, 3.8) is 0 Å². The Balaban J connectivity index is 1.58. The first-order valence-corrected chi connectivity index (χ1v) is 8.95. The summed E-state index contributed by atoms with van der Waals surface area (Å²) in [4.78, 5) is 12.6. The normalized spacial score (nSPS) is 22.0. The first kappa shape index (κ1) is 14.8. The molecule has 0 amide bonds. The van der Waals surface area contributed by atoms with Gasteiger partial charge in [-0.05, 0) is 31.6 Å². The van der Waals surface area contributed by atoms with Crippen molar-refractivity contribution < 1.29 is 0 Å². The van der Waals surface area contributed by atoms with E-state index in [1.54, 1.807) is 11.3 Å². The zero-order chi connectivity index (χ0) is 14.7. The Labute approximate surface area is 131 Å².